The summed E-state index contributed by atoms with van der Waals surface area (Å²) < 4.78 is 24.1. The fraction of sp³-hybridized carbons (Fsp3) is 0.222. The predicted octanol–water partition coefficient (Wildman–Crippen LogP) is 3.65. The molecule has 0 aliphatic rings. The number of carbonyl (C=O) groups excluding carboxylic acids is 2. The van der Waals surface area contributed by atoms with E-state index in [4.69, 9.17) is 9.47 Å². The second-order valence-electron chi connectivity index (χ2n) is 4.80. The Hall–Kier alpha value is -2.89. The van der Waals surface area contributed by atoms with Crippen LogP contribution in [-0.2, 0) is 4.74 Å². The average Bonchev–Trinajstić information content (AvgIpc) is 2.57. The summed E-state index contributed by atoms with van der Waals surface area (Å²) in [5.41, 5.74) is 0.580. The predicted molar refractivity (Wildman–Crippen MR) is 87.9 cm³/mol. The van der Waals surface area contributed by atoms with E-state index in [1.165, 1.54) is 36.4 Å². The van der Waals surface area contributed by atoms with Crippen LogP contribution in [0.3, 0.4) is 0 Å². The minimum absolute atomic E-state index is 0.0746. The third kappa shape index (κ3) is 4.10. The molecule has 24 heavy (non-hydrogen) atoms. The van der Waals surface area contributed by atoms with E-state index in [-0.39, 0.29) is 12.2 Å². The van der Waals surface area contributed by atoms with Crippen molar-refractivity contribution in [3.05, 3.63) is 59.4 Å². The van der Waals surface area contributed by atoms with Gasteiger partial charge >= 0.3 is 5.97 Å². The van der Waals surface area contributed by atoms with E-state index in [2.05, 4.69) is 5.32 Å². The van der Waals surface area contributed by atoms with Gasteiger partial charge in [-0.25, -0.2) is 9.18 Å². The van der Waals surface area contributed by atoms with E-state index < -0.39 is 17.7 Å². The van der Waals surface area contributed by atoms with Crippen molar-refractivity contribution in [2.75, 3.05) is 18.5 Å². The standard InChI is InChI=1S/C18H18FNO4/c1-3-23-16-11-12(18(22)24-4-2)9-10-15(16)20-17(21)13-7-5-6-8-14(13)19/h5-11H,3-4H2,1-2H3,(H,20,21). The monoisotopic (exact) mass is 331 g/mol. The zero-order chi connectivity index (χ0) is 17.5. The van der Waals surface area contributed by atoms with Gasteiger partial charge in [0.15, 0.2) is 0 Å². The summed E-state index contributed by atoms with van der Waals surface area (Å²) in [6, 6.07) is 10.2. The first-order chi connectivity index (χ1) is 11.6. The number of anilines is 1. The number of hydrogen-bond donors (Lipinski definition) is 1. The number of carbonyl (C=O) groups is 2. The lowest BCUT2D eigenvalue weighted by atomic mass is 10.1. The molecular formula is C18H18FNO4. The van der Waals surface area contributed by atoms with Crippen LogP contribution in [0.5, 0.6) is 5.75 Å². The molecule has 1 amide bonds. The number of rotatable bonds is 6. The molecule has 126 valence electrons. The first kappa shape index (κ1) is 17.5. The van der Waals surface area contributed by atoms with Crippen LogP contribution < -0.4 is 10.1 Å². The van der Waals surface area contributed by atoms with Crippen LogP contribution in [0.15, 0.2) is 42.5 Å². The van der Waals surface area contributed by atoms with Gasteiger partial charge in [-0.05, 0) is 44.2 Å². The Labute approximate surface area is 139 Å². The summed E-state index contributed by atoms with van der Waals surface area (Å²) in [6.07, 6.45) is 0. The maximum absolute atomic E-state index is 13.7. The number of ether oxygens (including phenoxy) is 2. The average molecular weight is 331 g/mol. The van der Waals surface area contributed by atoms with Crippen molar-refractivity contribution in [2.24, 2.45) is 0 Å². The maximum atomic E-state index is 13.7. The van der Waals surface area contributed by atoms with Crippen molar-refractivity contribution < 1.29 is 23.5 Å². The highest BCUT2D eigenvalue weighted by Crippen LogP contribution is 2.27. The maximum Gasteiger partial charge on any atom is 0.338 e. The molecule has 0 unspecified atom stereocenters. The van der Waals surface area contributed by atoms with Crippen LogP contribution in [0.1, 0.15) is 34.6 Å². The molecule has 0 aliphatic heterocycles. The Balaban J connectivity index is 2.27. The summed E-state index contributed by atoms with van der Waals surface area (Å²) >= 11 is 0. The Morgan fingerprint density at radius 3 is 2.50 bits per heavy atom. The van der Waals surface area contributed by atoms with Gasteiger partial charge in [0, 0.05) is 0 Å². The van der Waals surface area contributed by atoms with Crippen molar-refractivity contribution in [1.29, 1.82) is 0 Å². The van der Waals surface area contributed by atoms with Crippen molar-refractivity contribution in [3.8, 4) is 5.75 Å². The van der Waals surface area contributed by atoms with E-state index in [1.54, 1.807) is 19.9 Å². The molecule has 6 heteroatoms. The van der Waals surface area contributed by atoms with Crippen LogP contribution in [0.4, 0.5) is 10.1 Å². The van der Waals surface area contributed by atoms with Crippen molar-refractivity contribution in [3.63, 3.8) is 0 Å². The zero-order valence-corrected chi connectivity index (χ0v) is 13.5. The fourth-order valence-electron chi connectivity index (χ4n) is 2.08. The molecule has 0 radical (unpaired) electrons. The highest BCUT2D eigenvalue weighted by atomic mass is 19.1. The lowest BCUT2D eigenvalue weighted by Crippen LogP contribution is -2.15. The largest absolute Gasteiger partial charge is 0.492 e. The third-order valence-electron chi connectivity index (χ3n) is 3.16. The van der Waals surface area contributed by atoms with Crippen molar-refractivity contribution in [1.82, 2.24) is 0 Å². The number of halogens is 1. The second kappa shape index (κ2) is 8.10. The Morgan fingerprint density at radius 2 is 1.83 bits per heavy atom. The van der Waals surface area contributed by atoms with Gasteiger partial charge < -0.3 is 14.8 Å². The second-order valence-corrected chi connectivity index (χ2v) is 4.80. The number of amides is 1. The number of nitrogens with one attached hydrogen (secondary N) is 1. The summed E-state index contributed by atoms with van der Waals surface area (Å²) in [5, 5.41) is 2.59. The van der Waals surface area contributed by atoms with Gasteiger partial charge in [0.2, 0.25) is 0 Å². The summed E-state index contributed by atoms with van der Waals surface area (Å²) in [5.74, 6) is -1.38. The van der Waals surface area contributed by atoms with Crippen molar-refractivity contribution >= 4 is 17.6 Å². The molecule has 0 heterocycles. The Morgan fingerprint density at radius 1 is 1.08 bits per heavy atom. The fourth-order valence-corrected chi connectivity index (χ4v) is 2.08. The van der Waals surface area contributed by atoms with E-state index >= 15 is 0 Å². The molecule has 0 aromatic heterocycles. The van der Waals surface area contributed by atoms with Gasteiger partial charge in [0.25, 0.3) is 5.91 Å². The molecular weight excluding hydrogens is 313 g/mol. The van der Waals surface area contributed by atoms with Crippen LogP contribution in [-0.4, -0.2) is 25.1 Å². The first-order valence-electron chi connectivity index (χ1n) is 7.56. The van der Waals surface area contributed by atoms with Gasteiger partial charge in [-0.15, -0.1) is 0 Å². The van der Waals surface area contributed by atoms with Gasteiger partial charge in [0.1, 0.15) is 11.6 Å². The summed E-state index contributed by atoms with van der Waals surface area (Å²) in [4.78, 5) is 24.0. The highest BCUT2D eigenvalue weighted by Gasteiger charge is 2.16. The smallest absolute Gasteiger partial charge is 0.338 e. The molecule has 0 saturated heterocycles. The molecule has 2 aromatic rings. The topological polar surface area (TPSA) is 64.6 Å². The Bertz CT molecular complexity index is 746. The number of benzene rings is 2. The van der Waals surface area contributed by atoms with E-state index in [0.29, 0.717) is 23.6 Å². The lowest BCUT2D eigenvalue weighted by Gasteiger charge is -2.13. The van der Waals surface area contributed by atoms with E-state index in [0.717, 1.165) is 0 Å². The highest BCUT2D eigenvalue weighted by molar-refractivity contribution is 6.05. The normalized spacial score (nSPS) is 10.1. The molecule has 0 bridgehead atoms. The zero-order valence-electron chi connectivity index (χ0n) is 13.5. The van der Waals surface area contributed by atoms with E-state index in [9.17, 15) is 14.0 Å². The quantitative estimate of drug-likeness (QED) is 0.821. The SMILES string of the molecule is CCOC(=O)c1ccc(NC(=O)c2ccccc2F)c(OCC)c1. The summed E-state index contributed by atoms with van der Waals surface area (Å²) in [6.45, 7) is 4.09. The van der Waals surface area contributed by atoms with Crippen LogP contribution >= 0.6 is 0 Å². The molecule has 0 aliphatic carbocycles. The number of esters is 1. The third-order valence-corrected chi connectivity index (χ3v) is 3.16. The molecule has 0 saturated carbocycles. The molecule has 0 spiro atoms. The van der Waals surface area contributed by atoms with Crippen LogP contribution in [0.2, 0.25) is 0 Å². The number of hydrogen-bond acceptors (Lipinski definition) is 4. The minimum Gasteiger partial charge on any atom is -0.492 e. The molecule has 0 fully saturated rings. The van der Waals surface area contributed by atoms with Gasteiger partial charge in [-0.3, -0.25) is 4.79 Å². The molecule has 2 rings (SSSR count). The first-order valence-corrected chi connectivity index (χ1v) is 7.56. The molecule has 1 N–H and O–H groups in total. The van der Waals surface area contributed by atoms with Crippen LogP contribution in [0.25, 0.3) is 0 Å². The Kier molecular flexibility index (Phi) is 5.89. The summed E-state index contributed by atoms with van der Waals surface area (Å²) in [7, 11) is 0. The molecule has 5 nitrogen and oxygen atoms in total. The van der Waals surface area contributed by atoms with Crippen molar-refractivity contribution in [2.45, 2.75) is 13.8 Å². The minimum atomic E-state index is -0.615. The van der Waals surface area contributed by atoms with Gasteiger partial charge in [-0.2, -0.15) is 0 Å². The molecule has 0 atom stereocenters. The lowest BCUT2D eigenvalue weighted by molar-refractivity contribution is 0.0526. The van der Waals surface area contributed by atoms with E-state index in [1.807, 2.05) is 0 Å². The van der Waals surface area contributed by atoms with Crippen LogP contribution in [0, 0.1) is 5.82 Å². The van der Waals surface area contributed by atoms with Gasteiger partial charge in [-0.1, -0.05) is 12.1 Å². The van der Waals surface area contributed by atoms with Gasteiger partial charge in [0.05, 0.1) is 30.0 Å². The molecule has 2 aromatic carbocycles.